The first-order valence-electron chi connectivity index (χ1n) is 7.61. The number of rotatable bonds is 3. The van der Waals surface area contributed by atoms with Crippen LogP contribution in [0.1, 0.15) is 5.56 Å². The van der Waals surface area contributed by atoms with E-state index in [9.17, 15) is 18.3 Å². The Bertz CT molecular complexity index is 738. The summed E-state index contributed by atoms with van der Waals surface area (Å²) in [6.07, 6.45) is -4.96. The van der Waals surface area contributed by atoms with E-state index in [0.717, 1.165) is 12.1 Å². The quantitative estimate of drug-likeness (QED) is 0.878. The van der Waals surface area contributed by atoms with Gasteiger partial charge in [0.1, 0.15) is 5.75 Å². The van der Waals surface area contributed by atoms with Crippen LogP contribution in [0, 0.1) is 0 Å². The zero-order chi connectivity index (χ0) is 18.0. The van der Waals surface area contributed by atoms with Gasteiger partial charge in [0, 0.05) is 13.1 Å². The number of aromatic nitrogens is 2. The third kappa shape index (κ3) is 3.67. The number of hydrogen-bond donors (Lipinski definition) is 2. The van der Waals surface area contributed by atoms with Gasteiger partial charge in [-0.05, 0) is 24.3 Å². The fourth-order valence-electron chi connectivity index (χ4n) is 2.71. The van der Waals surface area contributed by atoms with E-state index in [1.807, 2.05) is 4.90 Å². The Morgan fingerprint density at radius 3 is 2.64 bits per heavy atom. The molecular formula is C16H16F3N3O3. The molecular weight excluding hydrogens is 339 g/mol. The molecule has 2 N–H and O–H groups in total. The van der Waals surface area contributed by atoms with Crippen LogP contribution in [0.3, 0.4) is 0 Å². The van der Waals surface area contributed by atoms with Crippen molar-refractivity contribution in [3.05, 3.63) is 35.9 Å². The molecule has 1 aliphatic heterocycles. The third-order valence-electron chi connectivity index (χ3n) is 3.92. The molecule has 0 unspecified atom stereocenters. The lowest BCUT2D eigenvalue weighted by Gasteiger charge is -2.32. The number of halogens is 3. The van der Waals surface area contributed by atoms with Gasteiger partial charge in [0.15, 0.2) is 5.82 Å². The standard InChI is InChI=1S/C16H16F3N3O3/c17-16(18,19)11-2-1-3-13(24)15(11)12-4-5-14(21-20-12)22-6-7-25-10(8-22)9-23/h1-5,10,23-24H,6-9H2/t10-/m0/s1. The molecule has 1 aliphatic rings. The lowest BCUT2D eigenvalue weighted by molar-refractivity contribution is -0.137. The van der Waals surface area contributed by atoms with E-state index < -0.39 is 23.1 Å². The molecule has 134 valence electrons. The van der Waals surface area contributed by atoms with Crippen LogP contribution >= 0.6 is 0 Å². The Morgan fingerprint density at radius 2 is 2.00 bits per heavy atom. The van der Waals surface area contributed by atoms with Gasteiger partial charge in [0.05, 0.1) is 36.1 Å². The van der Waals surface area contributed by atoms with Gasteiger partial charge in [0.25, 0.3) is 0 Å². The Kier molecular flexibility index (Phi) is 4.78. The molecule has 0 bridgehead atoms. The van der Waals surface area contributed by atoms with Crippen LogP contribution in [-0.4, -0.2) is 52.8 Å². The fourth-order valence-corrected chi connectivity index (χ4v) is 2.71. The number of benzene rings is 1. The molecule has 25 heavy (non-hydrogen) atoms. The number of nitrogens with zero attached hydrogens (tertiary/aromatic N) is 3. The molecule has 1 atom stereocenters. The Balaban J connectivity index is 1.91. The summed E-state index contributed by atoms with van der Waals surface area (Å²) in [5, 5.41) is 26.9. The molecule has 0 amide bonds. The van der Waals surface area contributed by atoms with Crippen molar-refractivity contribution in [2.75, 3.05) is 31.2 Å². The van der Waals surface area contributed by atoms with Gasteiger partial charge < -0.3 is 19.8 Å². The van der Waals surface area contributed by atoms with Gasteiger partial charge in [-0.15, -0.1) is 10.2 Å². The molecule has 3 rings (SSSR count). The average molecular weight is 355 g/mol. The predicted octanol–water partition coefficient (Wildman–Crippen LogP) is 2.07. The van der Waals surface area contributed by atoms with E-state index in [1.165, 1.54) is 18.2 Å². The van der Waals surface area contributed by atoms with E-state index in [2.05, 4.69) is 10.2 Å². The minimum absolute atomic E-state index is 0.0684. The summed E-state index contributed by atoms with van der Waals surface area (Å²) in [5.41, 5.74) is -1.44. The second kappa shape index (κ2) is 6.85. The molecule has 0 aliphatic carbocycles. The minimum Gasteiger partial charge on any atom is -0.507 e. The fraction of sp³-hybridized carbons (Fsp3) is 0.375. The van der Waals surface area contributed by atoms with Crippen LogP contribution in [0.4, 0.5) is 19.0 Å². The first kappa shape index (κ1) is 17.4. The number of ether oxygens (including phenoxy) is 1. The number of morpholine rings is 1. The second-order valence-electron chi connectivity index (χ2n) is 5.60. The summed E-state index contributed by atoms with van der Waals surface area (Å²) in [4.78, 5) is 1.83. The van der Waals surface area contributed by atoms with Gasteiger partial charge >= 0.3 is 6.18 Å². The highest BCUT2D eigenvalue weighted by Crippen LogP contribution is 2.40. The van der Waals surface area contributed by atoms with Crippen molar-refractivity contribution in [1.82, 2.24) is 10.2 Å². The third-order valence-corrected chi connectivity index (χ3v) is 3.92. The number of phenols is 1. The summed E-state index contributed by atoms with van der Waals surface area (Å²) >= 11 is 0. The Hall–Kier alpha value is -2.39. The van der Waals surface area contributed by atoms with Crippen molar-refractivity contribution in [2.45, 2.75) is 12.3 Å². The van der Waals surface area contributed by atoms with Crippen molar-refractivity contribution in [1.29, 1.82) is 0 Å². The van der Waals surface area contributed by atoms with Crippen LogP contribution in [-0.2, 0) is 10.9 Å². The van der Waals surface area contributed by atoms with E-state index in [0.29, 0.717) is 25.5 Å². The van der Waals surface area contributed by atoms with Crippen LogP contribution in [0.5, 0.6) is 5.75 Å². The summed E-state index contributed by atoms with van der Waals surface area (Å²) < 4.78 is 44.8. The topological polar surface area (TPSA) is 78.7 Å². The van der Waals surface area contributed by atoms with Crippen molar-refractivity contribution in [3.63, 3.8) is 0 Å². The van der Waals surface area contributed by atoms with Crippen molar-refractivity contribution < 1.29 is 28.1 Å². The largest absolute Gasteiger partial charge is 0.507 e. The van der Waals surface area contributed by atoms with E-state index in [1.54, 1.807) is 0 Å². The minimum atomic E-state index is -4.62. The van der Waals surface area contributed by atoms with E-state index in [-0.39, 0.29) is 18.4 Å². The smallest absolute Gasteiger partial charge is 0.417 e. The zero-order valence-electron chi connectivity index (χ0n) is 13.1. The number of aromatic hydroxyl groups is 1. The lowest BCUT2D eigenvalue weighted by Crippen LogP contribution is -2.44. The van der Waals surface area contributed by atoms with E-state index >= 15 is 0 Å². The number of anilines is 1. The van der Waals surface area contributed by atoms with Crippen LogP contribution in [0.15, 0.2) is 30.3 Å². The summed E-state index contributed by atoms with van der Waals surface area (Å²) in [7, 11) is 0. The van der Waals surface area contributed by atoms with Crippen LogP contribution in [0.25, 0.3) is 11.3 Å². The molecule has 0 saturated carbocycles. The van der Waals surface area contributed by atoms with Crippen LogP contribution < -0.4 is 4.90 Å². The van der Waals surface area contributed by atoms with Crippen molar-refractivity contribution >= 4 is 5.82 Å². The predicted molar refractivity (Wildman–Crippen MR) is 83.2 cm³/mol. The molecule has 0 spiro atoms. The lowest BCUT2D eigenvalue weighted by atomic mass is 10.0. The van der Waals surface area contributed by atoms with E-state index in [4.69, 9.17) is 9.84 Å². The van der Waals surface area contributed by atoms with Gasteiger partial charge in [-0.3, -0.25) is 0 Å². The molecule has 9 heteroatoms. The number of hydrogen-bond acceptors (Lipinski definition) is 6. The molecule has 0 radical (unpaired) electrons. The first-order chi connectivity index (χ1) is 11.9. The van der Waals surface area contributed by atoms with Crippen LogP contribution in [0.2, 0.25) is 0 Å². The molecule has 2 heterocycles. The maximum atomic E-state index is 13.2. The number of phenolic OH excluding ortho intramolecular Hbond substituents is 1. The summed E-state index contributed by atoms with van der Waals surface area (Å²) in [6.45, 7) is 1.23. The normalized spacial score (nSPS) is 18.4. The molecule has 1 fully saturated rings. The number of aliphatic hydroxyl groups is 1. The zero-order valence-corrected chi connectivity index (χ0v) is 13.1. The highest BCUT2D eigenvalue weighted by atomic mass is 19.4. The molecule has 1 saturated heterocycles. The highest BCUT2D eigenvalue weighted by molar-refractivity contribution is 5.71. The van der Waals surface area contributed by atoms with Gasteiger partial charge in [0.2, 0.25) is 0 Å². The Morgan fingerprint density at radius 1 is 1.20 bits per heavy atom. The van der Waals surface area contributed by atoms with Gasteiger partial charge in [-0.2, -0.15) is 13.2 Å². The first-order valence-corrected chi connectivity index (χ1v) is 7.61. The highest BCUT2D eigenvalue weighted by Gasteiger charge is 2.35. The molecule has 6 nitrogen and oxygen atoms in total. The molecule has 2 aromatic rings. The summed E-state index contributed by atoms with van der Waals surface area (Å²) in [5.74, 6) is -0.0435. The average Bonchev–Trinajstić information content (AvgIpc) is 2.61. The Labute approximate surface area is 141 Å². The molecule has 1 aromatic carbocycles. The van der Waals surface area contributed by atoms with Gasteiger partial charge in [-0.25, -0.2) is 0 Å². The second-order valence-corrected chi connectivity index (χ2v) is 5.60. The molecule has 1 aromatic heterocycles. The number of alkyl halides is 3. The summed E-state index contributed by atoms with van der Waals surface area (Å²) in [6, 6.07) is 6.11. The van der Waals surface area contributed by atoms with Gasteiger partial charge in [-0.1, -0.05) is 6.07 Å². The number of aliphatic hydroxyl groups excluding tert-OH is 1. The maximum Gasteiger partial charge on any atom is 0.417 e. The monoisotopic (exact) mass is 355 g/mol. The van der Waals surface area contributed by atoms with Crippen molar-refractivity contribution in [2.24, 2.45) is 0 Å². The SMILES string of the molecule is OC[C@@H]1CN(c2ccc(-c3c(O)cccc3C(F)(F)F)nn2)CCO1. The van der Waals surface area contributed by atoms with Crippen molar-refractivity contribution in [3.8, 4) is 17.0 Å². The maximum absolute atomic E-state index is 13.2.